The molecule has 0 saturated heterocycles. The minimum atomic E-state index is -0.818. The molecule has 2 aromatic carbocycles. The lowest BCUT2D eigenvalue weighted by Crippen LogP contribution is -2.11. The van der Waals surface area contributed by atoms with Gasteiger partial charge in [-0.2, -0.15) is 5.26 Å². The van der Waals surface area contributed by atoms with Crippen LogP contribution in [0.3, 0.4) is 0 Å². The molecule has 0 spiro atoms. The first-order valence-corrected chi connectivity index (χ1v) is 6.81. The average Bonchev–Trinajstić information content (AvgIpc) is 2.48. The Hall–Kier alpha value is -2.11. The maximum atomic E-state index is 12.4. The van der Waals surface area contributed by atoms with Gasteiger partial charge >= 0.3 is 0 Å². The number of hydrogen-bond acceptors (Lipinski definition) is 2. The summed E-state index contributed by atoms with van der Waals surface area (Å²) >= 11 is 5.92. The molecule has 0 heterocycles. The van der Waals surface area contributed by atoms with Crippen molar-refractivity contribution < 1.29 is 4.79 Å². The minimum absolute atomic E-state index is 0.197. The standard InChI is InChI=1S/C17H14ClNO/c1-2-12-6-8-13(9-7-12)17(20)16(11-19)14-4-3-5-15(18)10-14/h3-10,16H,2H2,1H3. The van der Waals surface area contributed by atoms with Gasteiger partial charge in [0, 0.05) is 10.6 Å². The van der Waals surface area contributed by atoms with Crippen molar-refractivity contribution >= 4 is 17.4 Å². The highest BCUT2D eigenvalue weighted by molar-refractivity contribution is 6.30. The molecule has 2 aromatic rings. The van der Waals surface area contributed by atoms with Crippen molar-refractivity contribution in [3.63, 3.8) is 0 Å². The lowest BCUT2D eigenvalue weighted by molar-refractivity contribution is 0.0979. The van der Waals surface area contributed by atoms with Gasteiger partial charge in [0.15, 0.2) is 5.78 Å². The molecule has 0 amide bonds. The molecule has 0 N–H and O–H groups in total. The molecule has 3 heteroatoms. The molecule has 0 fully saturated rings. The Balaban J connectivity index is 2.31. The number of rotatable bonds is 4. The van der Waals surface area contributed by atoms with Gasteiger partial charge in [0.1, 0.15) is 5.92 Å². The summed E-state index contributed by atoms with van der Waals surface area (Å²) in [6, 6.07) is 16.3. The molecule has 0 bridgehead atoms. The van der Waals surface area contributed by atoms with Gasteiger partial charge in [0.05, 0.1) is 6.07 Å². The maximum absolute atomic E-state index is 12.4. The number of hydrogen-bond donors (Lipinski definition) is 0. The van der Waals surface area contributed by atoms with Crippen molar-refractivity contribution in [3.05, 3.63) is 70.2 Å². The van der Waals surface area contributed by atoms with E-state index in [-0.39, 0.29) is 5.78 Å². The fourth-order valence-electron chi connectivity index (χ4n) is 2.04. The zero-order chi connectivity index (χ0) is 14.5. The van der Waals surface area contributed by atoms with Gasteiger partial charge in [0.25, 0.3) is 0 Å². The molecule has 0 aliphatic heterocycles. The third-order valence-electron chi connectivity index (χ3n) is 3.22. The first kappa shape index (κ1) is 14.3. The van der Waals surface area contributed by atoms with Crippen LogP contribution in [-0.4, -0.2) is 5.78 Å². The van der Waals surface area contributed by atoms with E-state index in [9.17, 15) is 10.1 Å². The Morgan fingerprint density at radius 3 is 2.50 bits per heavy atom. The number of halogens is 1. The Kier molecular flexibility index (Phi) is 4.55. The Bertz CT molecular complexity index is 655. The van der Waals surface area contributed by atoms with Crippen LogP contribution in [0.5, 0.6) is 0 Å². The molecule has 2 rings (SSSR count). The molecule has 1 atom stereocenters. The van der Waals surface area contributed by atoms with Crippen LogP contribution >= 0.6 is 11.6 Å². The highest BCUT2D eigenvalue weighted by Crippen LogP contribution is 2.23. The van der Waals surface area contributed by atoms with Crippen LogP contribution in [0, 0.1) is 11.3 Å². The molecule has 2 nitrogen and oxygen atoms in total. The number of nitrogens with zero attached hydrogens (tertiary/aromatic N) is 1. The fourth-order valence-corrected chi connectivity index (χ4v) is 2.24. The SMILES string of the molecule is CCc1ccc(C(=O)C(C#N)c2cccc(Cl)c2)cc1. The molecule has 100 valence electrons. The van der Waals surface area contributed by atoms with E-state index >= 15 is 0 Å². The first-order chi connectivity index (χ1) is 9.65. The predicted molar refractivity (Wildman–Crippen MR) is 80.0 cm³/mol. The van der Waals surface area contributed by atoms with Gasteiger partial charge in [-0.05, 0) is 29.7 Å². The number of benzene rings is 2. The van der Waals surface area contributed by atoms with Crippen LogP contribution < -0.4 is 0 Å². The summed E-state index contributed by atoms with van der Waals surface area (Å²) in [5.41, 5.74) is 2.34. The van der Waals surface area contributed by atoms with E-state index in [0.717, 1.165) is 12.0 Å². The summed E-state index contributed by atoms with van der Waals surface area (Å²) < 4.78 is 0. The molecule has 1 unspecified atom stereocenters. The molecule has 20 heavy (non-hydrogen) atoms. The highest BCUT2D eigenvalue weighted by Gasteiger charge is 2.21. The van der Waals surface area contributed by atoms with Crippen molar-refractivity contribution in [2.24, 2.45) is 0 Å². The van der Waals surface area contributed by atoms with Crippen molar-refractivity contribution in [1.82, 2.24) is 0 Å². The van der Waals surface area contributed by atoms with E-state index in [0.29, 0.717) is 16.1 Å². The summed E-state index contributed by atoms with van der Waals surface area (Å²) in [6.07, 6.45) is 0.921. The Morgan fingerprint density at radius 2 is 1.95 bits per heavy atom. The Labute approximate surface area is 123 Å². The summed E-state index contributed by atoms with van der Waals surface area (Å²) in [5.74, 6) is -1.02. The summed E-state index contributed by atoms with van der Waals surface area (Å²) in [4.78, 5) is 12.4. The zero-order valence-electron chi connectivity index (χ0n) is 11.1. The van der Waals surface area contributed by atoms with Crippen molar-refractivity contribution in [2.45, 2.75) is 19.3 Å². The second-order valence-electron chi connectivity index (χ2n) is 4.53. The molecular weight excluding hydrogens is 270 g/mol. The van der Waals surface area contributed by atoms with Gasteiger partial charge in [0.2, 0.25) is 0 Å². The summed E-state index contributed by atoms with van der Waals surface area (Å²) in [5, 5.41) is 9.81. The smallest absolute Gasteiger partial charge is 0.184 e. The van der Waals surface area contributed by atoms with Gasteiger partial charge in [-0.15, -0.1) is 0 Å². The topological polar surface area (TPSA) is 40.9 Å². The third kappa shape index (κ3) is 3.07. The van der Waals surface area contributed by atoms with Gasteiger partial charge in [-0.25, -0.2) is 0 Å². The van der Waals surface area contributed by atoms with Gasteiger partial charge < -0.3 is 0 Å². The van der Waals surface area contributed by atoms with Crippen molar-refractivity contribution in [1.29, 1.82) is 5.26 Å². The average molecular weight is 284 g/mol. The highest BCUT2D eigenvalue weighted by atomic mass is 35.5. The first-order valence-electron chi connectivity index (χ1n) is 6.44. The minimum Gasteiger partial charge on any atom is -0.292 e. The molecule has 0 aromatic heterocycles. The third-order valence-corrected chi connectivity index (χ3v) is 3.46. The number of Topliss-reactive ketones (excluding diaryl/α,β-unsaturated/α-hetero) is 1. The number of carbonyl (C=O) groups excluding carboxylic acids is 1. The normalized spacial score (nSPS) is 11.7. The number of aryl methyl sites for hydroxylation is 1. The second-order valence-corrected chi connectivity index (χ2v) is 4.97. The van der Waals surface area contributed by atoms with Crippen LogP contribution in [0.1, 0.15) is 34.3 Å². The fraction of sp³-hybridized carbons (Fsp3) is 0.176. The van der Waals surface area contributed by atoms with Crippen LogP contribution in [0.2, 0.25) is 5.02 Å². The van der Waals surface area contributed by atoms with Crippen molar-refractivity contribution in [3.8, 4) is 6.07 Å². The molecule has 0 radical (unpaired) electrons. The van der Waals surface area contributed by atoms with Crippen LogP contribution in [0.25, 0.3) is 0 Å². The summed E-state index contributed by atoms with van der Waals surface area (Å²) in [6.45, 7) is 2.06. The lowest BCUT2D eigenvalue weighted by atomic mass is 9.91. The number of carbonyl (C=O) groups is 1. The summed E-state index contributed by atoms with van der Waals surface area (Å²) in [7, 11) is 0. The predicted octanol–water partition coefficient (Wildman–Crippen LogP) is 4.39. The maximum Gasteiger partial charge on any atom is 0.184 e. The van der Waals surface area contributed by atoms with Gasteiger partial charge in [-0.3, -0.25) is 4.79 Å². The molecule has 0 aliphatic carbocycles. The van der Waals surface area contributed by atoms with Crippen molar-refractivity contribution in [2.75, 3.05) is 0 Å². The largest absolute Gasteiger partial charge is 0.292 e. The zero-order valence-corrected chi connectivity index (χ0v) is 11.9. The van der Waals surface area contributed by atoms with Gasteiger partial charge in [-0.1, -0.05) is 54.9 Å². The monoisotopic (exact) mass is 283 g/mol. The second kappa shape index (κ2) is 6.36. The molecule has 0 saturated carbocycles. The number of nitriles is 1. The quantitative estimate of drug-likeness (QED) is 0.781. The number of ketones is 1. The lowest BCUT2D eigenvalue weighted by Gasteiger charge is -2.09. The van der Waals surface area contributed by atoms with E-state index < -0.39 is 5.92 Å². The molecular formula is C17H14ClNO. The van der Waals surface area contributed by atoms with E-state index in [4.69, 9.17) is 11.6 Å². The van der Waals surface area contributed by atoms with Crippen LogP contribution in [-0.2, 0) is 6.42 Å². The molecule has 0 aliphatic rings. The Morgan fingerprint density at radius 1 is 1.25 bits per heavy atom. The van der Waals surface area contributed by atoms with E-state index in [1.54, 1.807) is 36.4 Å². The van der Waals surface area contributed by atoms with E-state index in [1.165, 1.54) is 0 Å². The van der Waals surface area contributed by atoms with Crippen LogP contribution in [0.4, 0.5) is 0 Å². The van der Waals surface area contributed by atoms with E-state index in [2.05, 4.69) is 13.0 Å². The van der Waals surface area contributed by atoms with Crippen LogP contribution in [0.15, 0.2) is 48.5 Å². The van der Waals surface area contributed by atoms with E-state index in [1.807, 2.05) is 12.1 Å².